The largest absolute Gasteiger partial charge is 0.486 e. The van der Waals surface area contributed by atoms with Gasteiger partial charge in [0.05, 0.1) is 36.2 Å². The molecule has 2 aromatic carbocycles. The van der Waals surface area contributed by atoms with Gasteiger partial charge in [0.2, 0.25) is 5.71 Å². The minimum atomic E-state index is -1.37. The summed E-state index contributed by atoms with van der Waals surface area (Å²) in [6.45, 7) is 23.4. The van der Waals surface area contributed by atoms with E-state index in [-0.39, 0.29) is 20.1 Å². The predicted molar refractivity (Wildman–Crippen MR) is 237 cm³/mol. The summed E-state index contributed by atoms with van der Waals surface area (Å²) in [7, 11) is -1.37. The summed E-state index contributed by atoms with van der Waals surface area (Å²) in [4.78, 5) is 19.1. The molecule has 0 saturated heterocycles. The maximum Gasteiger partial charge on any atom is 0.216 e. The van der Waals surface area contributed by atoms with E-state index < -0.39 is 8.07 Å². The van der Waals surface area contributed by atoms with Gasteiger partial charge in [-0.2, -0.15) is 0 Å². The number of hydrogen-bond acceptors (Lipinski definition) is 5. The first kappa shape index (κ1) is 42.6. The average molecular weight is 954 g/mol. The van der Waals surface area contributed by atoms with Crippen molar-refractivity contribution in [3.8, 4) is 22.6 Å². The molecule has 1 fully saturated rings. The zero-order valence-corrected chi connectivity index (χ0v) is 39.0. The SMILES string of the molecule is CC(C)Cc1cc(-c2[c-]cc(C3CCCCC3)cc2)ncc1[Si](C)(C)C.CCn1c(-c2[c-]cc3oc4nc(C(C)C)ccc4c3c2)nc2ccnc(C(C)C)c21.[Ir]. The van der Waals surface area contributed by atoms with E-state index in [9.17, 15) is 0 Å². The summed E-state index contributed by atoms with van der Waals surface area (Å²) in [5.74, 6) is 3.00. The fourth-order valence-electron chi connectivity index (χ4n) is 8.32. The summed E-state index contributed by atoms with van der Waals surface area (Å²) in [5, 5.41) is 3.57. The number of nitrogens with zero attached hydrogens (tertiary/aromatic N) is 5. The van der Waals surface area contributed by atoms with Gasteiger partial charge in [0.15, 0.2) is 0 Å². The van der Waals surface area contributed by atoms with Crippen molar-refractivity contribution in [2.24, 2.45) is 5.92 Å². The van der Waals surface area contributed by atoms with Gasteiger partial charge in [0.1, 0.15) is 0 Å². The van der Waals surface area contributed by atoms with Crippen molar-refractivity contribution in [1.29, 1.82) is 0 Å². The Morgan fingerprint density at radius 2 is 1.58 bits per heavy atom. The van der Waals surface area contributed by atoms with Crippen molar-refractivity contribution >= 4 is 46.4 Å². The molecule has 0 bridgehead atoms. The quantitative estimate of drug-likeness (QED) is 0.106. The fraction of sp³-hybridized carbons (Fsp3) is 0.429. The number of fused-ring (bicyclic) bond motifs is 4. The van der Waals surface area contributed by atoms with E-state index in [0.717, 1.165) is 80.3 Å². The minimum Gasteiger partial charge on any atom is -0.486 e. The van der Waals surface area contributed by atoms with Gasteiger partial charge in [0.25, 0.3) is 0 Å². The third-order valence-corrected chi connectivity index (χ3v) is 13.4. The normalized spacial score (nSPS) is 13.8. The number of aryl methyl sites for hydroxylation is 1. The summed E-state index contributed by atoms with van der Waals surface area (Å²) in [6, 6.07) is 26.2. The number of rotatable bonds is 9. The van der Waals surface area contributed by atoms with Gasteiger partial charge >= 0.3 is 0 Å². The Balaban J connectivity index is 0.000000192. The van der Waals surface area contributed by atoms with Crippen molar-refractivity contribution in [2.75, 3.05) is 0 Å². The number of benzene rings is 2. The molecule has 6 nitrogen and oxygen atoms in total. The van der Waals surface area contributed by atoms with Crippen LogP contribution >= 0.6 is 0 Å². The van der Waals surface area contributed by atoms with E-state index >= 15 is 0 Å². The second kappa shape index (κ2) is 17.9. The second-order valence-corrected chi connectivity index (χ2v) is 22.9. The van der Waals surface area contributed by atoms with E-state index in [4.69, 9.17) is 19.4 Å². The van der Waals surface area contributed by atoms with Crippen molar-refractivity contribution in [1.82, 2.24) is 24.5 Å². The van der Waals surface area contributed by atoms with E-state index in [0.29, 0.717) is 23.5 Å². The molecule has 8 heteroatoms. The number of aromatic nitrogens is 5. The first-order chi connectivity index (χ1) is 26.8. The van der Waals surface area contributed by atoms with Gasteiger partial charge in [0, 0.05) is 50.1 Å². The van der Waals surface area contributed by atoms with Crippen molar-refractivity contribution in [3.63, 3.8) is 0 Å². The van der Waals surface area contributed by atoms with Crippen LogP contribution in [0.25, 0.3) is 55.7 Å². The summed E-state index contributed by atoms with van der Waals surface area (Å²) < 4.78 is 8.26. The monoisotopic (exact) mass is 954 g/mol. The molecule has 1 aliphatic carbocycles. The maximum atomic E-state index is 6.02. The van der Waals surface area contributed by atoms with E-state index in [1.165, 1.54) is 48.4 Å². The van der Waals surface area contributed by atoms with Crippen molar-refractivity contribution in [3.05, 3.63) is 102 Å². The molecule has 57 heavy (non-hydrogen) atoms. The van der Waals surface area contributed by atoms with Gasteiger partial charge in [-0.3, -0.25) is 9.97 Å². The third-order valence-electron chi connectivity index (χ3n) is 11.3. The first-order valence-electron chi connectivity index (χ1n) is 20.9. The van der Waals surface area contributed by atoms with Crippen LogP contribution in [0.2, 0.25) is 19.6 Å². The Kier molecular flexibility index (Phi) is 13.4. The average Bonchev–Trinajstić information content (AvgIpc) is 3.75. The van der Waals surface area contributed by atoms with E-state index in [2.05, 4.69) is 138 Å². The van der Waals surface area contributed by atoms with Gasteiger partial charge in [-0.25, -0.2) is 4.98 Å². The zero-order chi connectivity index (χ0) is 39.7. The standard InChI is InChI=1S/C25H25N4O.C24H34NSi.Ir/c1-6-29-23-20(11-12-26-22(23)15(4)5)27-24(29)16-7-10-21-18(13-16)17-8-9-19(14(2)3)28-25(17)30-21;1-18(2)15-22-16-23(25-17-24(22)26(3,4)5)21-13-11-20(12-14-21)19-9-7-6-8-10-19;/h8-15H,6H2,1-5H3;11-13,16-19H,6-10,15H2,1-5H3;/q2*-1;. The molecule has 1 saturated carbocycles. The van der Waals surface area contributed by atoms with E-state index in [1.807, 2.05) is 18.3 Å². The van der Waals surface area contributed by atoms with Crippen LogP contribution in [-0.2, 0) is 33.1 Å². The summed E-state index contributed by atoms with van der Waals surface area (Å²) in [6.07, 6.45) is 12.0. The van der Waals surface area contributed by atoms with Gasteiger partial charge < -0.3 is 14.0 Å². The molecule has 8 rings (SSSR count). The third kappa shape index (κ3) is 9.19. The molecule has 5 aromatic heterocycles. The Hall–Kier alpha value is -3.97. The Labute approximate surface area is 354 Å². The number of furan rings is 1. The molecular weight excluding hydrogens is 895 g/mol. The molecule has 1 radical (unpaired) electrons. The molecule has 0 amide bonds. The number of pyridine rings is 3. The van der Waals surface area contributed by atoms with Gasteiger partial charge in [-0.15, -0.1) is 59.2 Å². The molecule has 0 aliphatic heterocycles. The van der Waals surface area contributed by atoms with Crippen LogP contribution in [-0.4, -0.2) is 32.6 Å². The van der Waals surface area contributed by atoms with Crippen molar-refractivity contribution in [2.45, 2.75) is 131 Å². The molecular formula is C49H59IrN5OSi-2. The van der Waals surface area contributed by atoms with Crippen LogP contribution in [0, 0.1) is 18.1 Å². The molecule has 0 spiro atoms. The zero-order valence-electron chi connectivity index (χ0n) is 35.6. The predicted octanol–water partition coefficient (Wildman–Crippen LogP) is 12.8. The fourth-order valence-corrected chi connectivity index (χ4v) is 9.91. The van der Waals surface area contributed by atoms with Gasteiger partial charge in [-0.1, -0.05) is 116 Å². The molecule has 1 aliphatic rings. The Morgan fingerprint density at radius 3 is 2.23 bits per heavy atom. The van der Waals surface area contributed by atoms with Crippen LogP contribution < -0.4 is 5.19 Å². The molecule has 0 atom stereocenters. The molecule has 0 unspecified atom stereocenters. The summed E-state index contributed by atoms with van der Waals surface area (Å²) in [5.41, 5.74) is 11.8. The second-order valence-electron chi connectivity index (χ2n) is 17.8. The Bertz CT molecular complexity index is 2450. The summed E-state index contributed by atoms with van der Waals surface area (Å²) >= 11 is 0. The van der Waals surface area contributed by atoms with E-state index in [1.54, 1.807) is 0 Å². The molecule has 7 aromatic rings. The Morgan fingerprint density at radius 1 is 0.825 bits per heavy atom. The smallest absolute Gasteiger partial charge is 0.216 e. The number of imidazole rings is 1. The molecule has 301 valence electrons. The number of hydrogen-bond donors (Lipinski definition) is 0. The van der Waals surface area contributed by atoms with Gasteiger partial charge in [-0.05, 0) is 60.2 Å². The van der Waals surface area contributed by atoms with Crippen LogP contribution in [0.4, 0.5) is 0 Å². The minimum absolute atomic E-state index is 0. The molecule has 5 heterocycles. The molecule has 0 N–H and O–H groups in total. The van der Waals surface area contributed by atoms with Crippen LogP contribution in [0.3, 0.4) is 0 Å². The van der Waals surface area contributed by atoms with Crippen LogP contribution in [0.5, 0.6) is 0 Å². The topological polar surface area (TPSA) is 69.6 Å². The van der Waals surface area contributed by atoms with Crippen LogP contribution in [0.1, 0.15) is 121 Å². The van der Waals surface area contributed by atoms with Crippen molar-refractivity contribution < 1.29 is 24.5 Å². The van der Waals surface area contributed by atoms with Crippen LogP contribution in [0.15, 0.2) is 71.4 Å². The maximum absolute atomic E-state index is 6.02. The first-order valence-corrected chi connectivity index (χ1v) is 24.4.